The summed E-state index contributed by atoms with van der Waals surface area (Å²) in [5, 5.41) is 0. The molecule has 2 fully saturated rings. The zero-order valence-electron chi connectivity index (χ0n) is 14.8. The van der Waals surface area contributed by atoms with Gasteiger partial charge in [0.15, 0.2) is 0 Å². The number of rotatable bonds is 4. The SMILES string of the molecule is C[C@@]1(C2CCN(Cc3cnc[nH]3)CC2)CN(c2ccc(F)cc2)C(=O)O1. The lowest BCUT2D eigenvalue weighted by atomic mass is 9.81. The van der Waals surface area contributed by atoms with Crippen LogP contribution in [-0.4, -0.2) is 46.2 Å². The van der Waals surface area contributed by atoms with Gasteiger partial charge in [-0.15, -0.1) is 0 Å². The number of hydrogen-bond acceptors (Lipinski definition) is 4. The molecule has 2 aliphatic rings. The molecule has 4 rings (SSSR count). The maximum absolute atomic E-state index is 13.1. The lowest BCUT2D eigenvalue weighted by Crippen LogP contribution is -2.45. The fourth-order valence-electron chi connectivity index (χ4n) is 4.01. The summed E-state index contributed by atoms with van der Waals surface area (Å²) in [6.07, 6.45) is 5.17. The minimum atomic E-state index is -0.508. The number of anilines is 1. The number of ether oxygens (including phenoxy) is 1. The molecule has 0 spiro atoms. The van der Waals surface area contributed by atoms with E-state index in [-0.39, 0.29) is 11.9 Å². The lowest BCUT2D eigenvalue weighted by Gasteiger charge is -2.38. The Balaban J connectivity index is 1.39. The number of cyclic esters (lactones) is 1. The van der Waals surface area contributed by atoms with Crippen molar-refractivity contribution in [3.05, 3.63) is 48.3 Å². The normalized spacial score (nSPS) is 24.8. The number of amides is 1. The molecular weight excluding hydrogens is 335 g/mol. The van der Waals surface area contributed by atoms with Gasteiger partial charge < -0.3 is 9.72 Å². The quantitative estimate of drug-likeness (QED) is 0.912. The second-order valence-corrected chi connectivity index (χ2v) is 7.37. The van der Waals surface area contributed by atoms with Crippen LogP contribution >= 0.6 is 0 Å². The smallest absolute Gasteiger partial charge is 0.415 e. The summed E-state index contributed by atoms with van der Waals surface area (Å²) >= 11 is 0. The van der Waals surface area contributed by atoms with Gasteiger partial charge in [0, 0.05) is 30.0 Å². The number of aromatic nitrogens is 2. The zero-order chi connectivity index (χ0) is 18.1. The Labute approximate surface area is 152 Å². The van der Waals surface area contributed by atoms with E-state index in [1.54, 1.807) is 23.4 Å². The number of H-pyrrole nitrogens is 1. The van der Waals surface area contributed by atoms with Gasteiger partial charge in [-0.1, -0.05) is 0 Å². The Bertz CT molecular complexity index is 756. The molecule has 0 unspecified atom stereocenters. The van der Waals surface area contributed by atoms with Crippen molar-refractivity contribution in [2.45, 2.75) is 31.9 Å². The number of nitrogens with zero attached hydrogens (tertiary/aromatic N) is 3. The number of carbonyl (C=O) groups excluding carboxylic acids is 1. The van der Waals surface area contributed by atoms with Crippen molar-refractivity contribution in [2.75, 3.05) is 24.5 Å². The highest BCUT2D eigenvalue weighted by atomic mass is 19.1. The standard InChI is InChI=1S/C19H23FN4O2/c1-19(12-24(18(25)26-19)17-4-2-15(20)3-5-17)14-6-8-23(9-7-14)11-16-10-21-13-22-16/h2-5,10,13-14H,6-9,11-12H2,1H3,(H,21,22)/t19-/m0/s1. The van der Waals surface area contributed by atoms with Gasteiger partial charge in [0.1, 0.15) is 11.4 Å². The molecule has 1 aromatic heterocycles. The Morgan fingerprint density at radius 2 is 2.04 bits per heavy atom. The van der Waals surface area contributed by atoms with E-state index in [9.17, 15) is 9.18 Å². The van der Waals surface area contributed by atoms with Crippen LogP contribution in [0.1, 0.15) is 25.5 Å². The molecule has 3 heterocycles. The molecular formula is C19H23FN4O2. The predicted octanol–water partition coefficient (Wildman–Crippen LogP) is 3.18. The van der Waals surface area contributed by atoms with Crippen molar-refractivity contribution in [1.82, 2.24) is 14.9 Å². The van der Waals surface area contributed by atoms with Crippen LogP contribution < -0.4 is 4.90 Å². The van der Waals surface area contributed by atoms with Crippen LogP contribution in [0.3, 0.4) is 0 Å². The molecule has 138 valence electrons. The molecule has 6 nitrogen and oxygen atoms in total. The third-order valence-corrected chi connectivity index (χ3v) is 5.55. The van der Waals surface area contributed by atoms with Crippen LogP contribution in [0.15, 0.2) is 36.8 Å². The van der Waals surface area contributed by atoms with E-state index in [0.717, 1.165) is 38.2 Å². The average molecular weight is 358 g/mol. The van der Waals surface area contributed by atoms with Gasteiger partial charge in [0.2, 0.25) is 0 Å². The van der Waals surface area contributed by atoms with Crippen molar-refractivity contribution in [2.24, 2.45) is 5.92 Å². The van der Waals surface area contributed by atoms with Crippen molar-refractivity contribution < 1.29 is 13.9 Å². The summed E-state index contributed by atoms with van der Waals surface area (Å²) in [7, 11) is 0. The fourth-order valence-corrected chi connectivity index (χ4v) is 4.01. The number of benzene rings is 1. The highest BCUT2D eigenvalue weighted by Crippen LogP contribution is 2.38. The van der Waals surface area contributed by atoms with Gasteiger partial charge in [-0.3, -0.25) is 9.80 Å². The first-order valence-electron chi connectivity index (χ1n) is 8.99. The van der Waals surface area contributed by atoms with Gasteiger partial charge in [0.05, 0.1) is 12.9 Å². The first kappa shape index (κ1) is 17.0. The second kappa shape index (κ2) is 6.72. The van der Waals surface area contributed by atoms with Gasteiger partial charge in [-0.2, -0.15) is 0 Å². The van der Waals surface area contributed by atoms with E-state index in [1.165, 1.54) is 12.1 Å². The third kappa shape index (κ3) is 3.31. The van der Waals surface area contributed by atoms with E-state index in [2.05, 4.69) is 14.9 Å². The predicted molar refractivity (Wildman–Crippen MR) is 95.2 cm³/mol. The Morgan fingerprint density at radius 3 is 2.69 bits per heavy atom. The summed E-state index contributed by atoms with van der Waals surface area (Å²) in [5.74, 6) is 0.00336. The minimum Gasteiger partial charge on any atom is -0.441 e. The minimum absolute atomic E-state index is 0.311. The molecule has 2 aromatic rings. The molecule has 0 radical (unpaired) electrons. The Hall–Kier alpha value is -2.41. The highest BCUT2D eigenvalue weighted by molar-refractivity contribution is 5.90. The Morgan fingerprint density at radius 1 is 1.31 bits per heavy atom. The van der Waals surface area contributed by atoms with Crippen molar-refractivity contribution in [3.63, 3.8) is 0 Å². The molecule has 1 amide bonds. The molecule has 2 aliphatic heterocycles. The number of imidazole rings is 1. The number of hydrogen-bond donors (Lipinski definition) is 1. The summed E-state index contributed by atoms with van der Waals surface area (Å²) in [5.41, 5.74) is 1.28. The first-order chi connectivity index (χ1) is 12.5. The molecule has 1 aromatic carbocycles. The number of halogens is 1. The van der Waals surface area contributed by atoms with Crippen LogP contribution in [0.2, 0.25) is 0 Å². The van der Waals surface area contributed by atoms with Crippen LogP contribution in [0.4, 0.5) is 14.9 Å². The fraction of sp³-hybridized carbons (Fsp3) is 0.474. The first-order valence-corrected chi connectivity index (χ1v) is 8.99. The van der Waals surface area contributed by atoms with Crippen molar-refractivity contribution in [3.8, 4) is 0 Å². The number of piperidine rings is 1. The van der Waals surface area contributed by atoms with E-state index in [1.807, 2.05) is 13.1 Å². The molecule has 2 saturated heterocycles. The van der Waals surface area contributed by atoms with Gasteiger partial charge in [-0.25, -0.2) is 14.2 Å². The topological polar surface area (TPSA) is 61.5 Å². The molecule has 26 heavy (non-hydrogen) atoms. The number of aromatic amines is 1. The van der Waals surface area contributed by atoms with Crippen LogP contribution in [0.25, 0.3) is 0 Å². The lowest BCUT2D eigenvalue weighted by molar-refractivity contribution is -0.00690. The maximum atomic E-state index is 13.1. The zero-order valence-corrected chi connectivity index (χ0v) is 14.8. The number of likely N-dealkylation sites (tertiary alicyclic amines) is 1. The molecule has 0 bridgehead atoms. The van der Waals surface area contributed by atoms with Crippen molar-refractivity contribution >= 4 is 11.8 Å². The summed E-state index contributed by atoms with van der Waals surface area (Å²) in [4.78, 5) is 23.6. The maximum Gasteiger partial charge on any atom is 0.415 e. The molecule has 0 aliphatic carbocycles. The van der Waals surface area contributed by atoms with Crippen LogP contribution in [-0.2, 0) is 11.3 Å². The Kier molecular flexibility index (Phi) is 4.40. The van der Waals surface area contributed by atoms with Gasteiger partial charge >= 0.3 is 6.09 Å². The second-order valence-electron chi connectivity index (χ2n) is 7.37. The monoisotopic (exact) mass is 358 g/mol. The van der Waals surface area contributed by atoms with Gasteiger partial charge in [-0.05, 0) is 57.1 Å². The molecule has 1 atom stereocenters. The third-order valence-electron chi connectivity index (χ3n) is 5.55. The average Bonchev–Trinajstić information content (AvgIpc) is 3.24. The van der Waals surface area contributed by atoms with E-state index >= 15 is 0 Å². The van der Waals surface area contributed by atoms with E-state index in [4.69, 9.17) is 4.74 Å². The summed E-state index contributed by atoms with van der Waals surface area (Å²) in [6.45, 7) is 5.32. The van der Waals surface area contributed by atoms with Gasteiger partial charge in [0.25, 0.3) is 0 Å². The van der Waals surface area contributed by atoms with E-state index in [0.29, 0.717) is 18.2 Å². The van der Waals surface area contributed by atoms with Crippen LogP contribution in [0.5, 0.6) is 0 Å². The largest absolute Gasteiger partial charge is 0.441 e. The van der Waals surface area contributed by atoms with Crippen LogP contribution in [0, 0.1) is 11.7 Å². The molecule has 7 heteroatoms. The molecule has 1 N–H and O–H groups in total. The highest BCUT2D eigenvalue weighted by Gasteiger charge is 2.48. The number of carbonyl (C=O) groups is 1. The summed E-state index contributed by atoms with van der Waals surface area (Å²) in [6, 6.07) is 5.98. The number of nitrogens with one attached hydrogen (secondary N) is 1. The van der Waals surface area contributed by atoms with E-state index < -0.39 is 5.60 Å². The van der Waals surface area contributed by atoms with Crippen molar-refractivity contribution in [1.29, 1.82) is 0 Å². The summed E-state index contributed by atoms with van der Waals surface area (Å²) < 4.78 is 18.9. The molecule has 0 saturated carbocycles.